The SMILES string of the molecule is O=c1c2c(-c3ccccc3)csc2ncn1N=Cc1cc(Cl)cc2c1OCOC2. The second-order valence-electron chi connectivity index (χ2n) is 6.43. The number of hydrogen-bond donors (Lipinski definition) is 0. The maximum absolute atomic E-state index is 13.1. The van der Waals surface area contributed by atoms with Gasteiger partial charge in [0.15, 0.2) is 6.79 Å². The van der Waals surface area contributed by atoms with Crippen LogP contribution in [0.3, 0.4) is 0 Å². The van der Waals surface area contributed by atoms with Crippen LogP contribution in [0.1, 0.15) is 11.1 Å². The zero-order valence-corrected chi connectivity index (χ0v) is 16.6. The Bertz CT molecular complexity index is 1300. The third-order valence-corrected chi connectivity index (χ3v) is 5.69. The van der Waals surface area contributed by atoms with Crippen molar-refractivity contribution in [2.45, 2.75) is 6.61 Å². The van der Waals surface area contributed by atoms with Crippen molar-refractivity contribution in [1.82, 2.24) is 9.66 Å². The summed E-state index contributed by atoms with van der Waals surface area (Å²) >= 11 is 7.63. The van der Waals surface area contributed by atoms with E-state index >= 15 is 0 Å². The van der Waals surface area contributed by atoms with Gasteiger partial charge in [0.25, 0.3) is 5.56 Å². The second kappa shape index (κ2) is 7.44. The van der Waals surface area contributed by atoms with E-state index in [1.807, 2.05) is 35.7 Å². The van der Waals surface area contributed by atoms with E-state index in [9.17, 15) is 4.79 Å². The molecule has 0 bridgehead atoms. The van der Waals surface area contributed by atoms with Gasteiger partial charge in [-0.25, -0.2) is 4.98 Å². The lowest BCUT2D eigenvalue weighted by molar-refractivity contribution is -0.0164. The van der Waals surface area contributed by atoms with Gasteiger partial charge in [-0.2, -0.15) is 9.78 Å². The van der Waals surface area contributed by atoms with Crippen LogP contribution >= 0.6 is 22.9 Å². The van der Waals surface area contributed by atoms with Crippen LogP contribution in [0.25, 0.3) is 21.3 Å². The van der Waals surface area contributed by atoms with Crippen molar-refractivity contribution in [2.24, 2.45) is 5.10 Å². The number of thiophene rings is 1. The molecule has 0 saturated carbocycles. The highest BCUT2D eigenvalue weighted by Crippen LogP contribution is 2.31. The molecule has 0 radical (unpaired) electrons. The Labute approximate surface area is 174 Å². The Morgan fingerprint density at radius 2 is 2.10 bits per heavy atom. The molecule has 0 saturated heterocycles. The maximum atomic E-state index is 13.1. The molecule has 3 heterocycles. The largest absolute Gasteiger partial charge is 0.466 e. The number of fused-ring (bicyclic) bond motifs is 2. The molecule has 0 fully saturated rings. The highest BCUT2D eigenvalue weighted by atomic mass is 35.5. The van der Waals surface area contributed by atoms with E-state index in [-0.39, 0.29) is 12.4 Å². The molecule has 144 valence electrons. The van der Waals surface area contributed by atoms with Gasteiger partial charge in [0, 0.05) is 27.1 Å². The summed E-state index contributed by atoms with van der Waals surface area (Å²) < 4.78 is 12.1. The summed E-state index contributed by atoms with van der Waals surface area (Å²) in [7, 11) is 0. The van der Waals surface area contributed by atoms with Gasteiger partial charge in [-0.15, -0.1) is 11.3 Å². The third kappa shape index (κ3) is 3.33. The molecule has 4 aromatic rings. The molecule has 8 heteroatoms. The van der Waals surface area contributed by atoms with Crippen LogP contribution in [0.15, 0.2) is 64.1 Å². The van der Waals surface area contributed by atoms with E-state index in [4.69, 9.17) is 21.1 Å². The van der Waals surface area contributed by atoms with Crippen molar-refractivity contribution in [3.05, 3.63) is 80.7 Å². The maximum Gasteiger partial charge on any atom is 0.283 e. The molecule has 2 aromatic heterocycles. The van der Waals surface area contributed by atoms with Crippen LogP contribution in [-0.2, 0) is 11.3 Å². The molecule has 0 spiro atoms. The topological polar surface area (TPSA) is 65.7 Å². The zero-order chi connectivity index (χ0) is 19.8. The first-order valence-corrected chi connectivity index (χ1v) is 10.1. The fourth-order valence-corrected chi connectivity index (χ4v) is 4.42. The summed E-state index contributed by atoms with van der Waals surface area (Å²) in [6, 6.07) is 13.3. The van der Waals surface area contributed by atoms with Crippen molar-refractivity contribution in [3.8, 4) is 16.9 Å². The molecule has 1 aliphatic rings. The molecule has 0 aliphatic carbocycles. The second-order valence-corrected chi connectivity index (χ2v) is 7.72. The lowest BCUT2D eigenvalue weighted by Crippen LogP contribution is -2.17. The fourth-order valence-electron chi connectivity index (χ4n) is 3.26. The standard InChI is InChI=1S/C21H14ClN3O3S/c22-16-6-14(19-15(7-16)9-27-12-28-19)8-24-25-11-23-20-18(21(25)26)17(10-29-20)13-4-2-1-3-5-13/h1-8,10-11H,9,12H2. The van der Waals surface area contributed by atoms with E-state index in [0.29, 0.717) is 33.2 Å². The van der Waals surface area contributed by atoms with Crippen molar-refractivity contribution in [2.75, 3.05) is 6.79 Å². The molecular weight excluding hydrogens is 410 g/mol. The molecule has 6 nitrogen and oxygen atoms in total. The van der Waals surface area contributed by atoms with Gasteiger partial charge < -0.3 is 9.47 Å². The van der Waals surface area contributed by atoms with Crippen LogP contribution in [0.2, 0.25) is 5.02 Å². The van der Waals surface area contributed by atoms with Gasteiger partial charge >= 0.3 is 0 Å². The van der Waals surface area contributed by atoms with Gasteiger partial charge in [0.2, 0.25) is 0 Å². The van der Waals surface area contributed by atoms with Crippen LogP contribution in [-0.4, -0.2) is 22.7 Å². The minimum absolute atomic E-state index is 0.165. The number of nitrogens with zero attached hydrogens (tertiary/aromatic N) is 3. The van der Waals surface area contributed by atoms with Gasteiger partial charge in [0.05, 0.1) is 18.2 Å². The van der Waals surface area contributed by atoms with E-state index in [1.165, 1.54) is 22.3 Å². The average Bonchev–Trinajstić information content (AvgIpc) is 3.18. The predicted molar refractivity (Wildman–Crippen MR) is 114 cm³/mol. The summed E-state index contributed by atoms with van der Waals surface area (Å²) in [5.74, 6) is 0.659. The molecule has 0 unspecified atom stereocenters. The molecule has 0 atom stereocenters. The van der Waals surface area contributed by atoms with Crippen molar-refractivity contribution in [1.29, 1.82) is 0 Å². The molecule has 1 aliphatic heterocycles. The molecule has 5 rings (SSSR count). The molecule has 2 aromatic carbocycles. The van der Waals surface area contributed by atoms with Gasteiger partial charge in [-0.05, 0) is 17.7 Å². The summed E-state index contributed by atoms with van der Waals surface area (Å²) in [4.78, 5) is 18.2. The number of aromatic nitrogens is 2. The van der Waals surface area contributed by atoms with Crippen LogP contribution < -0.4 is 10.3 Å². The highest BCUT2D eigenvalue weighted by Gasteiger charge is 2.16. The van der Waals surface area contributed by atoms with Crippen LogP contribution in [0.5, 0.6) is 5.75 Å². The quantitative estimate of drug-likeness (QED) is 0.454. The Balaban J connectivity index is 1.60. The monoisotopic (exact) mass is 423 g/mol. The Morgan fingerprint density at radius 1 is 1.24 bits per heavy atom. The summed E-state index contributed by atoms with van der Waals surface area (Å²) in [5.41, 5.74) is 3.11. The van der Waals surface area contributed by atoms with E-state index in [0.717, 1.165) is 16.7 Å². The first-order valence-electron chi connectivity index (χ1n) is 8.82. The first-order chi connectivity index (χ1) is 14.2. The molecule has 0 amide bonds. The third-order valence-electron chi connectivity index (χ3n) is 4.59. The zero-order valence-electron chi connectivity index (χ0n) is 15.0. The van der Waals surface area contributed by atoms with Gasteiger partial charge in [0.1, 0.15) is 16.9 Å². The number of hydrogen-bond acceptors (Lipinski definition) is 6. The highest BCUT2D eigenvalue weighted by molar-refractivity contribution is 7.17. The minimum atomic E-state index is -0.230. The lowest BCUT2D eigenvalue weighted by Gasteiger charge is -2.19. The predicted octanol–water partition coefficient (Wildman–Crippen LogP) is 4.53. The summed E-state index contributed by atoms with van der Waals surface area (Å²) in [6.45, 7) is 0.581. The Kier molecular flexibility index (Phi) is 4.63. The first kappa shape index (κ1) is 18.1. The van der Waals surface area contributed by atoms with Gasteiger partial charge in [-0.3, -0.25) is 4.79 Å². The number of benzene rings is 2. The van der Waals surface area contributed by atoms with Crippen LogP contribution in [0.4, 0.5) is 0 Å². The van der Waals surface area contributed by atoms with Crippen LogP contribution in [0, 0.1) is 0 Å². The molecule has 29 heavy (non-hydrogen) atoms. The van der Waals surface area contributed by atoms with Crippen molar-refractivity contribution < 1.29 is 9.47 Å². The summed E-state index contributed by atoms with van der Waals surface area (Å²) in [5, 5.41) is 7.38. The Morgan fingerprint density at radius 3 is 2.97 bits per heavy atom. The average molecular weight is 424 g/mol. The normalized spacial score (nSPS) is 13.6. The number of ether oxygens (including phenoxy) is 2. The fraction of sp³-hybridized carbons (Fsp3) is 0.0952. The minimum Gasteiger partial charge on any atom is -0.466 e. The van der Waals surface area contributed by atoms with E-state index < -0.39 is 0 Å². The lowest BCUT2D eigenvalue weighted by atomic mass is 10.1. The van der Waals surface area contributed by atoms with Crippen molar-refractivity contribution in [3.63, 3.8) is 0 Å². The van der Waals surface area contributed by atoms with Gasteiger partial charge in [-0.1, -0.05) is 41.9 Å². The smallest absolute Gasteiger partial charge is 0.283 e. The van der Waals surface area contributed by atoms with E-state index in [2.05, 4.69) is 10.1 Å². The van der Waals surface area contributed by atoms with E-state index in [1.54, 1.807) is 18.3 Å². The summed E-state index contributed by atoms with van der Waals surface area (Å²) in [6.07, 6.45) is 2.98. The molecular formula is C21H14ClN3O3S. The Hall–Kier alpha value is -3.00. The molecule has 0 N–H and O–H groups in total. The van der Waals surface area contributed by atoms with Crippen molar-refractivity contribution >= 4 is 39.4 Å². The number of rotatable bonds is 3. The number of halogens is 1.